The number of alkyl halides is 3. The minimum absolute atomic E-state index is 0.0289. The van der Waals surface area contributed by atoms with Crippen LogP contribution in [0.4, 0.5) is 13.2 Å². The zero-order valence-corrected chi connectivity index (χ0v) is 15.3. The van der Waals surface area contributed by atoms with Gasteiger partial charge >= 0.3 is 6.18 Å². The lowest BCUT2D eigenvalue weighted by Gasteiger charge is -2.20. The van der Waals surface area contributed by atoms with E-state index in [0.717, 1.165) is 12.1 Å². The average molecular weight is 408 g/mol. The number of thioether (sulfide) groups is 1. The molecule has 0 spiro atoms. The molecule has 0 radical (unpaired) electrons. The normalized spacial score (nSPS) is 17.5. The number of carbonyl (C=O) groups is 1. The molecule has 2 aromatic heterocycles. The van der Waals surface area contributed by atoms with Crippen LogP contribution in [0.15, 0.2) is 53.3 Å². The summed E-state index contributed by atoms with van der Waals surface area (Å²) in [5.74, 6) is 0.960. The summed E-state index contributed by atoms with van der Waals surface area (Å²) in [6.07, 6.45) is -1.19. The Bertz CT molecular complexity index is 971. The van der Waals surface area contributed by atoms with Crippen molar-refractivity contribution in [3.8, 4) is 0 Å². The second-order valence-electron chi connectivity index (χ2n) is 6.30. The van der Waals surface area contributed by atoms with Gasteiger partial charge in [0, 0.05) is 0 Å². The summed E-state index contributed by atoms with van der Waals surface area (Å²) >= 11 is 1.43. The first-order valence-corrected chi connectivity index (χ1v) is 9.44. The second kappa shape index (κ2) is 7.34. The molecule has 1 fully saturated rings. The van der Waals surface area contributed by atoms with Gasteiger partial charge in [0.15, 0.2) is 0 Å². The van der Waals surface area contributed by atoms with E-state index in [-0.39, 0.29) is 17.8 Å². The zero-order valence-electron chi connectivity index (χ0n) is 14.5. The van der Waals surface area contributed by atoms with Crippen molar-refractivity contribution in [2.45, 2.75) is 24.6 Å². The van der Waals surface area contributed by atoms with E-state index in [1.807, 2.05) is 0 Å². The first-order chi connectivity index (χ1) is 13.4. The van der Waals surface area contributed by atoms with E-state index < -0.39 is 11.7 Å². The van der Waals surface area contributed by atoms with Gasteiger partial charge in [-0.2, -0.15) is 13.2 Å². The van der Waals surface area contributed by atoms with Crippen molar-refractivity contribution < 1.29 is 22.4 Å². The standard InChI is InChI=1S/C18H15F3N4O2S/c19-18(20,21)13-4-1-3-12(7-13)8-24-10-15(22-23-24)17-25(16(26)11-28-17)9-14-5-2-6-27-14/h1-7,10,17H,8-9,11H2/t17-/m0/s1. The molecule has 4 rings (SSSR count). The largest absolute Gasteiger partial charge is 0.467 e. The van der Waals surface area contributed by atoms with Gasteiger partial charge in [-0.25, -0.2) is 4.68 Å². The molecule has 146 valence electrons. The van der Waals surface area contributed by atoms with E-state index in [4.69, 9.17) is 4.42 Å². The van der Waals surface area contributed by atoms with Gasteiger partial charge in [0.05, 0.1) is 36.9 Å². The van der Waals surface area contributed by atoms with Gasteiger partial charge in [-0.15, -0.1) is 16.9 Å². The number of carbonyl (C=O) groups excluding carboxylic acids is 1. The lowest BCUT2D eigenvalue weighted by Crippen LogP contribution is -2.27. The fraction of sp³-hybridized carbons (Fsp3) is 0.278. The van der Waals surface area contributed by atoms with Crippen LogP contribution in [0.25, 0.3) is 0 Å². The molecule has 1 atom stereocenters. The summed E-state index contributed by atoms with van der Waals surface area (Å²) in [6, 6.07) is 8.64. The highest BCUT2D eigenvalue weighted by Crippen LogP contribution is 2.38. The fourth-order valence-corrected chi connectivity index (χ4v) is 4.09. The van der Waals surface area contributed by atoms with E-state index >= 15 is 0 Å². The Labute approximate surface area is 162 Å². The average Bonchev–Trinajstić information content (AvgIpc) is 3.38. The molecule has 0 unspecified atom stereocenters. The molecule has 10 heteroatoms. The molecule has 1 aliphatic heterocycles. The van der Waals surface area contributed by atoms with Crippen molar-refractivity contribution in [1.82, 2.24) is 19.9 Å². The van der Waals surface area contributed by atoms with Crippen molar-refractivity contribution in [2.75, 3.05) is 5.75 Å². The van der Waals surface area contributed by atoms with Crippen LogP contribution in [0.5, 0.6) is 0 Å². The maximum atomic E-state index is 12.9. The Morgan fingerprint density at radius 3 is 2.82 bits per heavy atom. The topological polar surface area (TPSA) is 64.2 Å². The Morgan fingerprint density at radius 2 is 2.07 bits per heavy atom. The van der Waals surface area contributed by atoms with E-state index in [1.165, 1.54) is 22.5 Å². The van der Waals surface area contributed by atoms with E-state index in [9.17, 15) is 18.0 Å². The summed E-state index contributed by atoms with van der Waals surface area (Å²) in [5.41, 5.74) is 0.343. The van der Waals surface area contributed by atoms with Crippen LogP contribution in [0.2, 0.25) is 0 Å². The highest BCUT2D eigenvalue weighted by Gasteiger charge is 2.35. The fourth-order valence-electron chi connectivity index (χ4n) is 2.98. The molecule has 0 saturated carbocycles. The van der Waals surface area contributed by atoms with Gasteiger partial charge in [-0.05, 0) is 29.8 Å². The van der Waals surface area contributed by atoms with Crippen molar-refractivity contribution in [3.05, 3.63) is 71.4 Å². The third-order valence-corrected chi connectivity index (χ3v) is 5.51. The molecule has 6 nitrogen and oxygen atoms in total. The molecular weight excluding hydrogens is 393 g/mol. The van der Waals surface area contributed by atoms with E-state index in [1.54, 1.807) is 35.6 Å². The predicted octanol–water partition coefficient (Wildman–Crippen LogP) is 3.71. The minimum atomic E-state index is -4.39. The Hall–Kier alpha value is -2.75. The Balaban J connectivity index is 1.50. The number of hydrogen-bond donors (Lipinski definition) is 0. The highest BCUT2D eigenvalue weighted by atomic mass is 32.2. The number of benzene rings is 1. The maximum absolute atomic E-state index is 12.9. The third kappa shape index (κ3) is 3.91. The highest BCUT2D eigenvalue weighted by molar-refractivity contribution is 8.00. The number of furan rings is 1. The number of aromatic nitrogens is 3. The SMILES string of the molecule is O=C1CS[C@@H](c2cn(Cc3cccc(C(F)(F)F)c3)nn2)N1Cc1ccco1. The van der Waals surface area contributed by atoms with Gasteiger partial charge in [-0.3, -0.25) is 4.79 Å². The molecule has 1 aliphatic rings. The maximum Gasteiger partial charge on any atom is 0.416 e. The van der Waals surface area contributed by atoms with Crippen molar-refractivity contribution in [2.24, 2.45) is 0 Å². The summed E-state index contributed by atoms with van der Waals surface area (Å²) in [5, 5.41) is 7.83. The molecule has 0 N–H and O–H groups in total. The molecule has 0 aliphatic carbocycles. The number of halogens is 3. The molecule has 28 heavy (non-hydrogen) atoms. The van der Waals surface area contributed by atoms with Gasteiger partial charge in [0.2, 0.25) is 5.91 Å². The third-order valence-electron chi connectivity index (χ3n) is 4.28. The van der Waals surface area contributed by atoms with Crippen LogP contribution < -0.4 is 0 Å². The number of amides is 1. The van der Waals surface area contributed by atoms with Crippen LogP contribution in [0.1, 0.15) is 28.0 Å². The van der Waals surface area contributed by atoms with Crippen molar-refractivity contribution >= 4 is 17.7 Å². The summed E-state index contributed by atoms with van der Waals surface area (Å²) in [4.78, 5) is 13.9. The quantitative estimate of drug-likeness (QED) is 0.644. The lowest BCUT2D eigenvalue weighted by molar-refractivity contribution is -0.137. The number of nitrogens with zero attached hydrogens (tertiary/aromatic N) is 4. The van der Waals surface area contributed by atoms with Crippen molar-refractivity contribution in [1.29, 1.82) is 0 Å². The van der Waals surface area contributed by atoms with Crippen LogP contribution >= 0.6 is 11.8 Å². The monoisotopic (exact) mass is 408 g/mol. The molecule has 3 heterocycles. The summed E-state index contributed by atoms with van der Waals surface area (Å²) in [7, 11) is 0. The summed E-state index contributed by atoms with van der Waals surface area (Å²) < 4.78 is 45.4. The zero-order chi connectivity index (χ0) is 19.7. The number of hydrogen-bond acceptors (Lipinski definition) is 5. The predicted molar refractivity (Wildman–Crippen MR) is 95.0 cm³/mol. The van der Waals surface area contributed by atoms with Crippen LogP contribution in [0, 0.1) is 0 Å². The molecule has 1 saturated heterocycles. The van der Waals surface area contributed by atoms with Crippen LogP contribution in [-0.4, -0.2) is 31.6 Å². The molecule has 1 amide bonds. The van der Waals surface area contributed by atoms with Crippen molar-refractivity contribution in [3.63, 3.8) is 0 Å². The van der Waals surface area contributed by atoms with E-state index in [0.29, 0.717) is 29.3 Å². The summed E-state index contributed by atoms with van der Waals surface area (Å²) in [6.45, 7) is 0.477. The first-order valence-electron chi connectivity index (χ1n) is 8.40. The van der Waals surface area contributed by atoms with Gasteiger partial charge in [-0.1, -0.05) is 17.3 Å². The Morgan fingerprint density at radius 1 is 1.21 bits per heavy atom. The smallest absolute Gasteiger partial charge is 0.416 e. The minimum Gasteiger partial charge on any atom is -0.467 e. The Kier molecular flexibility index (Phi) is 4.88. The molecule has 1 aromatic carbocycles. The lowest BCUT2D eigenvalue weighted by atomic mass is 10.1. The number of rotatable bonds is 5. The molecule has 0 bridgehead atoms. The van der Waals surface area contributed by atoms with Crippen LogP contribution in [-0.2, 0) is 24.1 Å². The van der Waals surface area contributed by atoms with Crippen LogP contribution in [0.3, 0.4) is 0 Å². The molecule has 3 aromatic rings. The first kappa shape index (κ1) is 18.6. The van der Waals surface area contributed by atoms with E-state index in [2.05, 4.69) is 10.3 Å². The van der Waals surface area contributed by atoms with Gasteiger partial charge in [0.25, 0.3) is 0 Å². The molecular formula is C18H15F3N4O2S. The van der Waals surface area contributed by atoms with Gasteiger partial charge in [0.1, 0.15) is 16.8 Å². The second-order valence-corrected chi connectivity index (χ2v) is 7.37. The van der Waals surface area contributed by atoms with Gasteiger partial charge < -0.3 is 9.32 Å².